The third kappa shape index (κ3) is 3.79. The maximum Gasteiger partial charge on any atom is 0.224 e. The predicted molar refractivity (Wildman–Crippen MR) is 125 cm³/mol. The number of halogens is 2. The highest BCUT2D eigenvalue weighted by Crippen LogP contribution is 2.37. The number of para-hydroxylation sites is 1. The lowest BCUT2D eigenvalue weighted by molar-refractivity contribution is -0.129. The van der Waals surface area contributed by atoms with E-state index in [2.05, 4.69) is 22.2 Å². The second-order valence-corrected chi connectivity index (χ2v) is 8.45. The zero-order valence-electron chi connectivity index (χ0n) is 19.0. The Morgan fingerprint density at radius 3 is 2.32 bits per heavy atom. The van der Waals surface area contributed by atoms with Crippen molar-refractivity contribution in [2.24, 2.45) is 0 Å². The molecule has 3 heterocycles. The van der Waals surface area contributed by atoms with Crippen molar-refractivity contribution >= 4 is 16.8 Å². The number of nitrogens with zero attached hydrogens (tertiary/aromatic N) is 4. The maximum absolute atomic E-state index is 14.6. The summed E-state index contributed by atoms with van der Waals surface area (Å²) in [6.07, 6.45) is 3.36. The van der Waals surface area contributed by atoms with Crippen LogP contribution in [0.15, 0.2) is 54.7 Å². The highest BCUT2D eigenvalue weighted by molar-refractivity contribution is 5.97. The molecule has 0 unspecified atom stereocenters. The minimum atomic E-state index is -0.709. The van der Waals surface area contributed by atoms with Gasteiger partial charge in [0.05, 0.1) is 18.0 Å². The molecular formula is C26H24F2N4O2. The lowest BCUT2D eigenvalue weighted by Gasteiger charge is -2.31. The largest absolute Gasteiger partial charge is 0.480 e. The molecule has 8 heteroatoms. The lowest BCUT2D eigenvalue weighted by Crippen LogP contribution is -2.36. The van der Waals surface area contributed by atoms with Gasteiger partial charge >= 0.3 is 0 Å². The molecule has 2 aromatic heterocycles. The van der Waals surface area contributed by atoms with E-state index in [1.165, 1.54) is 41.8 Å². The standard InChI is InChI=1S/C26H24F2N4O2/c1-16(33)31-14-11-18(12-15-31)17-6-8-19(9-7-17)24-23-22(10-13-29-26(23)34-2)32(30-24)25-20(27)4-3-5-21(25)28/h3-10,13,18H,11-12,14-15H2,1-2H3. The van der Waals surface area contributed by atoms with E-state index < -0.39 is 11.6 Å². The molecule has 1 fully saturated rings. The molecule has 0 atom stereocenters. The second-order valence-electron chi connectivity index (χ2n) is 8.45. The van der Waals surface area contributed by atoms with Crippen molar-refractivity contribution in [2.75, 3.05) is 20.2 Å². The fourth-order valence-electron chi connectivity index (χ4n) is 4.70. The Kier molecular flexibility index (Phi) is 5.73. The third-order valence-electron chi connectivity index (χ3n) is 6.50. The van der Waals surface area contributed by atoms with Gasteiger partial charge < -0.3 is 9.64 Å². The lowest BCUT2D eigenvalue weighted by atomic mass is 9.88. The zero-order valence-corrected chi connectivity index (χ0v) is 19.0. The van der Waals surface area contributed by atoms with Crippen LogP contribution in [0.25, 0.3) is 27.8 Å². The van der Waals surface area contributed by atoms with Crippen LogP contribution >= 0.6 is 0 Å². The van der Waals surface area contributed by atoms with E-state index in [0.717, 1.165) is 31.5 Å². The number of hydrogen-bond donors (Lipinski definition) is 0. The summed E-state index contributed by atoms with van der Waals surface area (Å²) in [5.74, 6) is -0.595. The summed E-state index contributed by atoms with van der Waals surface area (Å²) in [6, 6.07) is 13.4. The van der Waals surface area contributed by atoms with Crippen LogP contribution in [0.1, 0.15) is 31.2 Å². The average molecular weight is 463 g/mol. The average Bonchev–Trinajstić information content (AvgIpc) is 3.24. The molecule has 4 aromatic rings. The second kappa shape index (κ2) is 8.85. The number of pyridine rings is 1. The Hall–Kier alpha value is -3.81. The van der Waals surface area contributed by atoms with Crippen LogP contribution in [0, 0.1) is 11.6 Å². The van der Waals surface area contributed by atoms with E-state index in [0.29, 0.717) is 28.4 Å². The Balaban J connectivity index is 1.56. The molecule has 0 radical (unpaired) electrons. The number of likely N-dealkylation sites (tertiary alicyclic amines) is 1. The molecule has 0 spiro atoms. The monoisotopic (exact) mass is 462 g/mol. The normalized spacial score (nSPS) is 14.5. The van der Waals surface area contributed by atoms with Crippen LogP contribution in [-0.4, -0.2) is 45.8 Å². The molecule has 6 nitrogen and oxygen atoms in total. The fourth-order valence-corrected chi connectivity index (χ4v) is 4.70. The summed E-state index contributed by atoms with van der Waals surface area (Å²) < 4.78 is 36.0. The topological polar surface area (TPSA) is 60.2 Å². The highest BCUT2D eigenvalue weighted by Gasteiger charge is 2.24. The van der Waals surface area contributed by atoms with E-state index in [4.69, 9.17) is 4.74 Å². The Morgan fingerprint density at radius 1 is 1.03 bits per heavy atom. The first-order valence-corrected chi connectivity index (χ1v) is 11.2. The molecule has 0 aliphatic carbocycles. The van der Waals surface area contributed by atoms with Gasteiger partial charge in [0.2, 0.25) is 11.8 Å². The molecule has 34 heavy (non-hydrogen) atoms. The molecule has 2 aromatic carbocycles. The number of fused-ring (bicyclic) bond motifs is 1. The van der Waals surface area contributed by atoms with Crippen molar-refractivity contribution in [1.29, 1.82) is 0 Å². The predicted octanol–water partition coefficient (Wildman–Crippen LogP) is 5.10. The zero-order chi connectivity index (χ0) is 23.8. The number of piperidine rings is 1. The van der Waals surface area contributed by atoms with Gasteiger partial charge in [-0.05, 0) is 42.5 Å². The molecule has 174 valence electrons. The highest BCUT2D eigenvalue weighted by atomic mass is 19.1. The first-order valence-electron chi connectivity index (χ1n) is 11.2. The van der Waals surface area contributed by atoms with Crippen LogP contribution in [0.2, 0.25) is 0 Å². The summed E-state index contributed by atoms with van der Waals surface area (Å²) in [6.45, 7) is 3.12. The van der Waals surface area contributed by atoms with Gasteiger partial charge in [-0.2, -0.15) is 5.10 Å². The summed E-state index contributed by atoms with van der Waals surface area (Å²) >= 11 is 0. The van der Waals surface area contributed by atoms with Crippen LogP contribution in [0.5, 0.6) is 5.88 Å². The van der Waals surface area contributed by atoms with Gasteiger partial charge in [-0.25, -0.2) is 18.4 Å². The summed E-state index contributed by atoms with van der Waals surface area (Å²) in [4.78, 5) is 17.8. The number of aromatic nitrogens is 3. The Morgan fingerprint density at radius 2 is 1.71 bits per heavy atom. The molecule has 1 saturated heterocycles. The van der Waals surface area contributed by atoms with Gasteiger partial charge in [0.1, 0.15) is 11.4 Å². The molecular weight excluding hydrogens is 438 g/mol. The Labute approximate surface area is 195 Å². The summed E-state index contributed by atoms with van der Waals surface area (Å²) in [7, 11) is 1.50. The van der Waals surface area contributed by atoms with Gasteiger partial charge in [0, 0.05) is 31.8 Å². The maximum atomic E-state index is 14.6. The minimum Gasteiger partial charge on any atom is -0.480 e. The van der Waals surface area contributed by atoms with Gasteiger partial charge in [-0.15, -0.1) is 0 Å². The van der Waals surface area contributed by atoms with Crippen LogP contribution in [0.4, 0.5) is 8.78 Å². The van der Waals surface area contributed by atoms with Crippen molar-refractivity contribution in [2.45, 2.75) is 25.7 Å². The number of carbonyl (C=O) groups is 1. The smallest absolute Gasteiger partial charge is 0.224 e. The van der Waals surface area contributed by atoms with Crippen LogP contribution in [-0.2, 0) is 4.79 Å². The summed E-state index contributed by atoms with van der Waals surface area (Å²) in [5, 5.41) is 5.18. The summed E-state index contributed by atoms with van der Waals surface area (Å²) in [5.41, 5.74) is 2.76. The van der Waals surface area contributed by atoms with E-state index in [1.54, 1.807) is 13.0 Å². The van der Waals surface area contributed by atoms with Crippen molar-refractivity contribution in [3.8, 4) is 22.8 Å². The van der Waals surface area contributed by atoms with Crippen molar-refractivity contribution in [3.63, 3.8) is 0 Å². The first kappa shape index (κ1) is 22.0. The number of methoxy groups -OCH3 is 1. The molecule has 1 amide bonds. The Bertz CT molecular complexity index is 1340. The van der Waals surface area contributed by atoms with E-state index in [1.807, 2.05) is 17.0 Å². The van der Waals surface area contributed by atoms with Crippen LogP contribution < -0.4 is 4.74 Å². The molecule has 0 N–H and O–H groups in total. The SMILES string of the molecule is COc1nccc2c1c(-c1ccc(C3CCN(C(C)=O)CC3)cc1)nn2-c1c(F)cccc1F. The molecule has 0 bridgehead atoms. The first-order chi connectivity index (χ1) is 16.5. The number of rotatable bonds is 4. The molecule has 5 rings (SSSR count). The minimum absolute atomic E-state index is 0.116. The van der Waals surface area contributed by atoms with Crippen molar-refractivity contribution in [3.05, 3.63) is 71.9 Å². The number of benzene rings is 2. The number of ether oxygens (including phenoxy) is 1. The van der Waals surface area contributed by atoms with Crippen molar-refractivity contribution < 1.29 is 18.3 Å². The third-order valence-corrected chi connectivity index (χ3v) is 6.50. The number of carbonyl (C=O) groups excluding carboxylic acids is 1. The van der Waals surface area contributed by atoms with Crippen LogP contribution in [0.3, 0.4) is 0 Å². The quantitative estimate of drug-likeness (QED) is 0.423. The van der Waals surface area contributed by atoms with Gasteiger partial charge in [0.15, 0.2) is 11.6 Å². The van der Waals surface area contributed by atoms with Gasteiger partial charge in [-0.3, -0.25) is 4.79 Å². The number of amides is 1. The number of hydrogen-bond acceptors (Lipinski definition) is 4. The van der Waals surface area contributed by atoms with E-state index in [-0.39, 0.29) is 11.6 Å². The van der Waals surface area contributed by atoms with Crippen molar-refractivity contribution in [1.82, 2.24) is 19.7 Å². The molecule has 0 saturated carbocycles. The van der Waals surface area contributed by atoms with Gasteiger partial charge in [-0.1, -0.05) is 30.3 Å². The van der Waals surface area contributed by atoms with Gasteiger partial charge in [0.25, 0.3) is 0 Å². The fraction of sp³-hybridized carbons (Fsp3) is 0.269. The molecule has 1 aliphatic heterocycles. The van der Waals surface area contributed by atoms with E-state index >= 15 is 0 Å². The molecule has 1 aliphatic rings. The van der Waals surface area contributed by atoms with E-state index in [9.17, 15) is 13.6 Å².